The van der Waals surface area contributed by atoms with Crippen molar-refractivity contribution < 1.29 is 32.3 Å². The van der Waals surface area contributed by atoms with Gasteiger partial charge in [-0.1, -0.05) is 29.3 Å². The fraction of sp³-hybridized carbons (Fsp3) is 0.548. The molecule has 0 amide bonds. The maximum absolute atomic E-state index is 13.3. The number of aromatic nitrogens is 1. The molecule has 2 saturated heterocycles. The Morgan fingerprint density at radius 3 is 2.65 bits per heavy atom. The molecule has 1 saturated carbocycles. The van der Waals surface area contributed by atoms with Crippen LogP contribution in [0.3, 0.4) is 0 Å². The fourth-order valence-electron chi connectivity index (χ4n) is 7.29. The zero-order valence-corrected chi connectivity index (χ0v) is 26.0. The highest BCUT2D eigenvalue weighted by molar-refractivity contribution is 6.35. The van der Waals surface area contributed by atoms with Crippen molar-refractivity contribution in [3.63, 3.8) is 0 Å². The Hall–Kier alpha value is -2.82. The monoisotopic (exact) mass is 637 g/mol. The fourth-order valence-corrected chi connectivity index (χ4v) is 7.86. The maximum Gasteiger partial charge on any atom is 0.387 e. The molecule has 3 atom stereocenters. The summed E-state index contributed by atoms with van der Waals surface area (Å²) in [5.74, 6) is 0.301. The number of carboxylic acids is 1. The number of oxazole rings is 1. The molecular formula is C31H37Cl2F2N4O4+. The molecule has 2 aliphatic heterocycles. The number of halogens is 4. The van der Waals surface area contributed by atoms with E-state index in [1.54, 1.807) is 24.3 Å². The molecule has 12 heteroatoms. The van der Waals surface area contributed by atoms with E-state index in [0.717, 1.165) is 61.9 Å². The molecule has 3 heterocycles. The van der Waals surface area contributed by atoms with Crippen molar-refractivity contribution >= 4 is 52.0 Å². The topological polar surface area (TPSA) is 87.8 Å². The first-order chi connectivity index (χ1) is 20.3. The van der Waals surface area contributed by atoms with E-state index in [0.29, 0.717) is 45.0 Å². The van der Waals surface area contributed by atoms with E-state index in [1.807, 2.05) is 13.8 Å². The highest BCUT2D eigenvalue weighted by Gasteiger charge is 2.56. The molecule has 2 aromatic carbocycles. The molecule has 1 unspecified atom stereocenters. The number of anilines is 2. The predicted molar refractivity (Wildman–Crippen MR) is 162 cm³/mol. The van der Waals surface area contributed by atoms with Crippen LogP contribution in [0.1, 0.15) is 51.1 Å². The van der Waals surface area contributed by atoms with Gasteiger partial charge >= 0.3 is 12.6 Å². The Bertz CT molecular complexity index is 1520. The van der Waals surface area contributed by atoms with Crippen LogP contribution in [0.25, 0.3) is 11.1 Å². The van der Waals surface area contributed by atoms with E-state index in [-0.39, 0.29) is 17.5 Å². The summed E-state index contributed by atoms with van der Waals surface area (Å²) >= 11 is 12.5. The summed E-state index contributed by atoms with van der Waals surface area (Å²) < 4.78 is 38.6. The molecule has 0 spiro atoms. The van der Waals surface area contributed by atoms with Crippen molar-refractivity contribution in [2.75, 3.05) is 43.4 Å². The number of nitrogens with one attached hydrogen (secondary N) is 1. The molecule has 1 aromatic heterocycles. The number of piperidine rings is 1. The molecule has 3 aliphatic rings. The number of ether oxygens (including phenoxy) is 1. The summed E-state index contributed by atoms with van der Waals surface area (Å²) in [6.07, 6.45) is 3.78. The van der Waals surface area contributed by atoms with Gasteiger partial charge in [-0.25, -0.2) is 0 Å². The van der Waals surface area contributed by atoms with Crippen molar-refractivity contribution in [1.82, 2.24) is 4.98 Å². The van der Waals surface area contributed by atoms with Gasteiger partial charge in [0, 0.05) is 47.8 Å². The van der Waals surface area contributed by atoms with E-state index in [2.05, 4.69) is 22.2 Å². The number of carbonyl (C=O) groups is 1. The first kappa shape index (κ1) is 30.2. The van der Waals surface area contributed by atoms with E-state index < -0.39 is 18.0 Å². The van der Waals surface area contributed by atoms with Crippen LogP contribution < -0.4 is 15.0 Å². The summed E-state index contributed by atoms with van der Waals surface area (Å²) in [6, 6.07) is 8.70. The molecule has 6 rings (SSSR count). The Labute approximate surface area is 259 Å². The van der Waals surface area contributed by atoms with Gasteiger partial charge in [-0.2, -0.15) is 13.8 Å². The summed E-state index contributed by atoms with van der Waals surface area (Å²) in [6.45, 7) is 4.46. The Morgan fingerprint density at radius 2 is 1.98 bits per heavy atom. The van der Waals surface area contributed by atoms with E-state index >= 15 is 0 Å². The molecule has 232 valence electrons. The lowest BCUT2D eigenvalue weighted by Crippen LogP contribution is -2.66. The summed E-state index contributed by atoms with van der Waals surface area (Å²) in [4.78, 5) is 18.4. The Balaban J connectivity index is 1.17. The van der Waals surface area contributed by atoms with Gasteiger partial charge in [0.05, 0.1) is 37.6 Å². The Kier molecular flexibility index (Phi) is 7.92. The normalized spacial score (nSPS) is 28.4. The maximum atomic E-state index is 13.3. The summed E-state index contributed by atoms with van der Waals surface area (Å²) in [7, 11) is 2.29. The first-order valence-electron chi connectivity index (χ1n) is 14.8. The Morgan fingerprint density at radius 1 is 1.23 bits per heavy atom. The van der Waals surface area contributed by atoms with Gasteiger partial charge in [-0.3, -0.25) is 4.79 Å². The number of rotatable bonds is 9. The third kappa shape index (κ3) is 5.73. The largest absolute Gasteiger partial charge is 0.481 e. The lowest BCUT2D eigenvalue weighted by Gasteiger charge is -2.56. The molecule has 0 radical (unpaired) electrons. The zero-order valence-electron chi connectivity index (χ0n) is 24.5. The molecule has 3 fully saturated rings. The van der Waals surface area contributed by atoms with Crippen LogP contribution in [-0.4, -0.2) is 66.4 Å². The van der Waals surface area contributed by atoms with Crippen LogP contribution in [0.2, 0.25) is 10.0 Å². The average Bonchev–Trinajstić information content (AvgIpc) is 3.31. The highest BCUT2D eigenvalue weighted by Crippen LogP contribution is 2.48. The number of nitrogens with zero attached hydrogens (tertiary/aromatic N) is 3. The van der Waals surface area contributed by atoms with Crippen LogP contribution in [0.15, 0.2) is 34.7 Å². The molecule has 0 bridgehead atoms. The minimum Gasteiger partial charge on any atom is -0.481 e. The van der Waals surface area contributed by atoms with Gasteiger partial charge in [-0.15, -0.1) is 0 Å². The minimum atomic E-state index is -3.01. The molecule has 2 N–H and O–H groups in total. The first-order valence-corrected chi connectivity index (χ1v) is 15.5. The zero-order chi connectivity index (χ0) is 30.7. The second-order valence-electron chi connectivity index (χ2n) is 13.1. The average molecular weight is 639 g/mol. The van der Waals surface area contributed by atoms with Crippen LogP contribution >= 0.6 is 23.2 Å². The molecular weight excluding hydrogens is 601 g/mol. The second kappa shape index (κ2) is 11.3. The van der Waals surface area contributed by atoms with Gasteiger partial charge in [0.15, 0.2) is 11.3 Å². The van der Waals surface area contributed by atoms with Crippen LogP contribution in [0.4, 0.5) is 20.5 Å². The number of quaternary nitrogens is 1. The van der Waals surface area contributed by atoms with E-state index in [1.165, 1.54) is 6.07 Å². The van der Waals surface area contributed by atoms with E-state index in [9.17, 15) is 18.7 Å². The number of hydrogen-bond acceptors (Lipinski definition) is 6. The SMILES string of the molecule is C[C@@H](Nc1c(OC(F)F)ccc2nc(N3CC([C@H]4CCC[N+](C)(C5CC(C)(C(=O)O)C5)C4)C3)oc12)c1ccc(Cl)cc1Cl. The third-order valence-corrected chi connectivity index (χ3v) is 10.6. The lowest BCUT2D eigenvalue weighted by atomic mass is 9.64. The number of likely N-dealkylation sites (tertiary alicyclic amines) is 1. The number of aliphatic carboxylic acids is 1. The summed E-state index contributed by atoms with van der Waals surface area (Å²) in [5.41, 5.74) is 1.30. The highest BCUT2D eigenvalue weighted by atomic mass is 35.5. The van der Waals surface area contributed by atoms with Crippen molar-refractivity contribution in [1.29, 1.82) is 0 Å². The van der Waals surface area contributed by atoms with E-state index in [4.69, 9.17) is 32.4 Å². The third-order valence-electron chi connectivity index (χ3n) is 10.0. The molecule has 8 nitrogen and oxygen atoms in total. The van der Waals surface area contributed by atoms with Crippen LogP contribution in [0.5, 0.6) is 5.75 Å². The number of fused-ring (bicyclic) bond motifs is 1. The van der Waals surface area contributed by atoms with Gasteiger partial charge in [0.2, 0.25) is 0 Å². The lowest BCUT2D eigenvalue weighted by molar-refractivity contribution is -0.949. The van der Waals surface area contributed by atoms with Crippen LogP contribution in [0, 0.1) is 17.3 Å². The summed E-state index contributed by atoms with van der Waals surface area (Å²) in [5, 5.41) is 13.8. The standard InChI is InChI=1S/C31H36Cl2F2N4O4/c1-17(22-7-6-20(32)11-23(22)33)36-26-25(42-29(34)35)9-8-24-27(26)43-30(37-24)38-14-19(15-38)18-5-4-10-39(3,16-18)21-12-31(2,13-21)28(40)41/h6-9,11,17-19,21,29,36H,4-5,10,12-16H2,1-3H3/p+1/t17-,18+,21?,31?,39?/m1/s1. The molecule has 1 aliphatic carbocycles. The van der Waals surface area contributed by atoms with Crippen molar-refractivity contribution in [3.8, 4) is 5.75 Å². The van der Waals surface area contributed by atoms with Gasteiger partial charge in [-0.05, 0) is 56.5 Å². The van der Waals surface area contributed by atoms with Gasteiger partial charge in [0.25, 0.3) is 6.01 Å². The smallest absolute Gasteiger partial charge is 0.387 e. The van der Waals surface area contributed by atoms with Crippen molar-refractivity contribution in [2.45, 2.75) is 58.2 Å². The molecule has 3 aromatic rings. The van der Waals surface area contributed by atoms with Crippen LogP contribution in [-0.2, 0) is 4.79 Å². The van der Waals surface area contributed by atoms with Crippen molar-refractivity contribution in [2.24, 2.45) is 17.3 Å². The predicted octanol–water partition coefficient (Wildman–Crippen LogP) is 7.46. The van der Waals surface area contributed by atoms with Gasteiger partial charge < -0.3 is 29.0 Å². The van der Waals surface area contributed by atoms with Crippen molar-refractivity contribution in [3.05, 3.63) is 45.9 Å². The number of carboxylic acid groups (broad SMARTS) is 1. The minimum absolute atomic E-state index is 0.0436. The number of alkyl halides is 2. The molecule has 43 heavy (non-hydrogen) atoms. The number of hydrogen-bond donors (Lipinski definition) is 2. The second-order valence-corrected chi connectivity index (χ2v) is 13.9. The number of benzene rings is 2. The quantitative estimate of drug-likeness (QED) is 0.236. The van der Waals surface area contributed by atoms with Gasteiger partial charge in [0.1, 0.15) is 11.2 Å².